The van der Waals surface area contributed by atoms with Gasteiger partial charge in [0.1, 0.15) is 17.9 Å². The number of carbonyl (C=O) groups is 2. The van der Waals surface area contributed by atoms with Gasteiger partial charge in [0, 0.05) is 18.4 Å². The fourth-order valence-corrected chi connectivity index (χ4v) is 2.83. The summed E-state index contributed by atoms with van der Waals surface area (Å²) < 4.78 is 6.61. The predicted molar refractivity (Wildman–Crippen MR) is 97.9 cm³/mol. The number of aromatic nitrogens is 2. The van der Waals surface area contributed by atoms with E-state index in [-0.39, 0.29) is 12.5 Å². The molecule has 0 fully saturated rings. The SMILES string of the molecule is COC(=O)CN(Cc1ccccc1C)C(=O)c1cn2c(C)cccc2n1. The topological polar surface area (TPSA) is 63.9 Å². The Balaban J connectivity index is 1.94. The first kappa shape index (κ1) is 17.7. The Labute approximate surface area is 152 Å². The van der Waals surface area contributed by atoms with E-state index in [1.807, 2.05) is 60.7 Å². The minimum Gasteiger partial charge on any atom is -0.468 e. The molecule has 0 aliphatic carbocycles. The molecule has 0 aliphatic rings. The number of fused-ring (bicyclic) bond motifs is 1. The number of carbonyl (C=O) groups excluding carboxylic acids is 2. The first-order valence-corrected chi connectivity index (χ1v) is 8.35. The molecule has 3 aromatic rings. The number of nitrogens with zero attached hydrogens (tertiary/aromatic N) is 3. The van der Waals surface area contributed by atoms with Gasteiger partial charge in [-0.1, -0.05) is 30.3 Å². The lowest BCUT2D eigenvalue weighted by atomic mass is 10.1. The second kappa shape index (κ2) is 7.39. The van der Waals surface area contributed by atoms with Gasteiger partial charge in [0.15, 0.2) is 0 Å². The van der Waals surface area contributed by atoms with Crippen molar-refractivity contribution in [3.8, 4) is 0 Å². The maximum atomic E-state index is 13.0. The summed E-state index contributed by atoms with van der Waals surface area (Å²) in [6.45, 7) is 4.11. The summed E-state index contributed by atoms with van der Waals surface area (Å²) >= 11 is 0. The Kier molecular flexibility index (Phi) is 5.02. The maximum absolute atomic E-state index is 13.0. The quantitative estimate of drug-likeness (QED) is 0.663. The molecular weight excluding hydrogens is 330 g/mol. The summed E-state index contributed by atoms with van der Waals surface area (Å²) in [6, 6.07) is 13.5. The fourth-order valence-electron chi connectivity index (χ4n) is 2.83. The van der Waals surface area contributed by atoms with E-state index < -0.39 is 5.97 Å². The van der Waals surface area contributed by atoms with Crippen molar-refractivity contribution < 1.29 is 14.3 Å². The Morgan fingerprint density at radius 1 is 1.12 bits per heavy atom. The van der Waals surface area contributed by atoms with Crippen LogP contribution in [-0.2, 0) is 16.1 Å². The smallest absolute Gasteiger partial charge is 0.325 e. The van der Waals surface area contributed by atoms with Crippen LogP contribution in [0.25, 0.3) is 5.65 Å². The van der Waals surface area contributed by atoms with E-state index in [1.165, 1.54) is 12.0 Å². The second-order valence-electron chi connectivity index (χ2n) is 6.19. The second-order valence-corrected chi connectivity index (χ2v) is 6.19. The number of imidazole rings is 1. The highest BCUT2D eigenvalue weighted by molar-refractivity contribution is 5.94. The number of pyridine rings is 1. The van der Waals surface area contributed by atoms with E-state index in [9.17, 15) is 9.59 Å². The van der Waals surface area contributed by atoms with Gasteiger partial charge in [0.25, 0.3) is 5.91 Å². The highest BCUT2D eigenvalue weighted by Crippen LogP contribution is 2.15. The zero-order valence-electron chi connectivity index (χ0n) is 15.1. The summed E-state index contributed by atoms with van der Waals surface area (Å²) in [5, 5.41) is 0. The molecule has 6 nitrogen and oxygen atoms in total. The van der Waals surface area contributed by atoms with Crippen LogP contribution in [0.3, 0.4) is 0 Å². The van der Waals surface area contributed by atoms with Crippen LogP contribution in [0.2, 0.25) is 0 Å². The van der Waals surface area contributed by atoms with Crippen LogP contribution in [0.1, 0.15) is 27.3 Å². The molecule has 26 heavy (non-hydrogen) atoms. The molecule has 0 saturated heterocycles. The molecule has 1 amide bonds. The highest BCUT2D eigenvalue weighted by atomic mass is 16.5. The van der Waals surface area contributed by atoms with Crippen LogP contribution in [0.5, 0.6) is 0 Å². The average molecular weight is 351 g/mol. The van der Waals surface area contributed by atoms with Crippen LogP contribution in [0, 0.1) is 13.8 Å². The lowest BCUT2D eigenvalue weighted by Gasteiger charge is -2.21. The normalized spacial score (nSPS) is 10.7. The first-order valence-electron chi connectivity index (χ1n) is 8.35. The number of ether oxygens (including phenoxy) is 1. The zero-order chi connectivity index (χ0) is 18.7. The molecule has 0 radical (unpaired) electrons. The number of rotatable bonds is 5. The predicted octanol–water partition coefficient (Wildman–Crippen LogP) is 2.77. The van der Waals surface area contributed by atoms with Crippen LogP contribution in [-0.4, -0.2) is 39.8 Å². The number of methoxy groups -OCH3 is 1. The van der Waals surface area contributed by atoms with Crippen molar-refractivity contribution in [1.82, 2.24) is 14.3 Å². The molecule has 0 unspecified atom stereocenters. The average Bonchev–Trinajstić information content (AvgIpc) is 3.08. The maximum Gasteiger partial charge on any atom is 0.325 e. The van der Waals surface area contributed by atoms with Gasteiger partial charge in [-0.05, 0) is 37.1 Å². The Morgan fingerprint density at radius 2 is 1.88 bits per heavy atom. The van der Waals surface area contributed by atoms with Crippen molar-refractivity contribution in [2.24, 2.45) is 0 Å². The van der Waals surface area contributed by atoms with Crippen LogP contribution < -0.4 is 0 Å². The van der Waals surface area contributed by atoms with Crippen LogP contribution in [0.15, 0.2) is 48.7 Å². The molecule has 2 heterocycles. The first-order chi connectivity index (χ1) is 12.5. The molecule has 0 saturated carbocycles. The third kappa shape index (κ3) is 3.59. The zero-order valence-corrected chi connectivity index (χ0v) is 15.1. The molecule has 3 rings (SSSR count). The molecule has 0 aliphatic heterocycles. The minimum atomic E-state index is -0.466. The van der Waals surface area contributed by atoms with E-state index in [4.69, 9.17) is 4.74 Å². The lowest BCUT2D eigenvalue weighted by molar-refractivity contribution is -0.141. The number of benzene rings is 1. The third-order valence-electron chi connectivity index (χ3n) is 4.37. The van der Waals surface area contributed by atoms with E-state index in [0.717, 1.165) is 16.8 Å². The molecule has 1 aromatic carbocycles. The Bertz CT molecular complexity index is 962. The van der Waals surface area contributed by atoms with Crippen molar-refractivity contribution in [3.05, 3.63) is 71.2 Å². The summed E-state index contributed by atoms with van der Waals surface area (Å²) in [4.78, 5) is 30.7. The third-order valence-corrected chi connectivity index (χ3v) is 4.37. The largest absolute Gasteiger partial charge is 0.468 e. The molecule has 0 N–H and O–H groups in total. The van der Waals surface area contributed by atoms with Gasteiger partial charge < -0.3 is 14.0 Å². The van der Waals surface area contributed by atoms with Gasteiger partial charge in [-0.15, -0.1) is 0 Å². The van der Waals surface area contributed by atoms with Gasteiger partial charge in [-0.3, -0.25) is 9.59 Å². The van der Waals surface area contributed by atoms with Gasteiger partial charge in [0.2, 0.25) is 0 Å². The van der Waals surface area contributed by atoms with E-state index >= 15 is 0 Å². The van der Waals surface area contributed by atoms with E-state index in [0.29, 0.717) is 17.9 Å². The summed E-state index contributed by atoms with van der Waals surface area (Å²) in [5.41, 5.74) is 4.01. The van der Waals surface area contributed by atoms with Crippen LogP contribution in [0.4, 0.5) is 0 Å². The summed E-state index contributed by atoms with van der Waals surface area (Å²) in [6.07, 6.45) is 1.70. The van der Waals surface area contributed by atoms with Gasteiger partial charge >= 0.3 is 5.97 Å². The summed E-state index contributed by atoms with van der Waals surface area (Å²) in [5.74, 6) is -0.770. The molecule has 2 aromatic heterocycles. The van der Waals surface area contributed by atoms with Crippen molar-refractivity contribution in [2.75, 3.05) is 13.7 Å². The molecule has 0 bridgehead atoms. The minimum absolute atomic E-state index is 0.128. The molecule has 0 atom stereocenters. The highest BCUT2D eigenvalue weighted by Gasteiger charge is 2.22. The van der Waals surface area contributed by atoms with Crippen LogP contribution >= 0.6 is 0 Å². The number of hydrogen-bond acceptors (Lipinski definition) is 4. The number of aryl methyl sites for hydroxylation is 2. The molecule has 6 heteroatoms. The van der Waals surface area contributed by atoms with Crippen molar-refractivity contribution in [1.29, 1.82) is 0 Å². The number of amides is 1. The fraction of sp³-hybridized carbons (Fsp3) is 0.250. The molecule has 134 valence electrons. The van der Waals surface area contributed by atoms with Crippen molar-refractivity contribution in [3.63, 3.8) is 0 Å². The summed E-state index contributed by atoms with van der Waals surface area (Å²) in [7, 11) is 1.31. The van der Waals surface area contributed by atoms with E-state index in [1.54, 1.807) is 6.20 Å². The van der Waals surface area contributed by atoms with Gasteiger partial charge in [-0.2, -0.15) is 0 Å². The lowest BCUT2D eigenvalue weighted by Crippen LogP contribution is -2.36. The standard InChI is InChI=1S/C20H21N3O3/c1-14-7-4-5-9-16(14)11-22(13-19(24)26-3)20(25)17-12-23-15(2)8-6-10-18(23)21-17/h4-10,12H,11,13H2,1-3H3. The van der Waals surface area contributed by atoms with Gasteiger partial charge in [-0.25, -0.2) is 4.98 Å². The Hall–Kier alpha value is -3.15. The molecule has 0 spiro atoms. The monoisotopic (exact) mass is 351 g/mol. The van der Waals surface area contributed by atoms with Gasteiger partial charge in [0.05, 0.1) is 7.11 Å². The van der Waals surface area contributed by atoms with E-state index in [2.05, 4.69) is 4.98 Å². The van der Waals surface area contributed by atoms with Crippen molar-refractivity contribution >= 4 is 17.5 Å². The van der Waals surface area contributed by atoms with Crippen molar-refractivity contribution in [2.45, 2.75) is 20.4 Å². The number of esters is 1. The molecular formula is C20H21N3O3. The Morgan fingerprint density at radius 3 is 2.58 bits per heavy atom. The number of hydrogen-bond donors (Lipinski definition) is 0.